The third kappa shape index (κ3) is 2.21. The molecule has 0 fully saturated rings. The largest absolute Gasteiger partial charge is 0.240 e. The maximum atomic E-state index is 11.3. The summed E-state index contributed by atoms with van der Waals surface area (Å²) in [5.41, 5.74) is 1.17. The molecule has 0 aliphatic rings. The quantitative estimate of drug-likeness (QED) is 0.602. The van der Waals surface area contributed by atoms with Gasteiger partial charge >= 0.3 is 0 Å². The molecule has 0 aliphatic heterocycles. The topological polar surface area (TPSA) is 17.1 Å². The molecular formula is C10H10OS. The van der Waals surface area contributed by atoms with Crippen LogP contribution in [0.2, 0.25) is 0 Å². The Labute approximate surface area is 75.3 Å². The van der Waals surface area contributed by atoms with Crippen LogP contribution >= 0.6 is 0 Å². The van der Waals surface area contributed by atoms with Gasteiger partial charge in [0.2, 0.25) is 0 Å². The van der Waals surface area contributed by atoms with Gasteiger partial charge in [-0.1, -0.05) is 23.6 Å². The molecule has 0 N–H and O–H groups in total. The lowest BCUT2D eigenvalue weighted by Gasteiger charge is -1.94. The molecule has 0 amide bonds. The van der Waals surface area contributed by atoms with Gasteiger partial charge in [-0.2, -0.15) is 0 Å². The first-order chi connectivity index (χ1) is 5.74. The minimum atomic E-state index is -1.15. The van der Waals surface area contributed by atoms with Gasteiger partial charge < -0.3 is 0 Å². The summed E-state index contributed by atoms with van der Waals surface area (Å²) in [7, 11) is -1.15. The van der Waals surface area contributed by atoms with Crippen LogP contribution in [-0.4, -0.2) is 4.21 Å². The third-order valence-corrected chi connectivity index (χ3v) is 2.52. The SMILES string of the molecule is CC#CS(=O)c1ccc(C)cc1. The van der Waals surface area contributed by atoms with E-state index in [2.05, 4.69) is 11.2 Å². The summed E-state index contributed by atoms with van der Waals surface area (Å²) < 4.78 is 11.3. The first-order valence-electron chi connectivity index (χ1n) is 3.65. The molecule has 1 nitrogen and oxygen atoms in total. The molecule has 0 aromatic heterocycles. The van der Waals surface area contributed by atoms with Gasteiger partial charge in [0.1, 0.15) is 10.8 Å². The second-order valence-electron chi connectivity index (χ2n) is 2.43. The Bertz CT molecular complexity index is 340. The second kappa shape index (κ2) is 4.08. The molecule has 0 saturated carbocycles. The zero-order chi connectivity index (χ0) is 8.97. The molecule has 0 heterocycles. The van der Waals surface area contributed by atoms with Gasteiger partial charge in [0.25, 0.3) is 0 Å². The third-order valence-electron chi connectivity index (χ3n) is 1.43. The van der Waals surface area contributed by atoms with Gasteiger partial charge in [0.05, 0.1) is 4.90 Å². The van der Waals surface area contributed by atoms with E-state index in [1.165, 1.54) is 5.56 Å². The molecule has 0 radical (unpaired) electrons. The summed E-state index contributed by atoms with van der Waals surface area (Å²) in [6, 6.07) is 7.56. The lowest BCUT2D eigenvalue weighted by molar-refractivity contribution is 0.689. The maximum absolute atomic E-state index is 11.3. The monoisotopic (exact) mass is 178 g/mol. The van der Waals surface area contributed by atoms with Crippen LogP contribution in [0.4, 0.5) is 0 Å². The molecule has 2 heteroatoms. The Morgan fingerprint density at radius 3 is 2.33 bits per heavy atom. The molecule has 0 saturated heterocycles. The first kappa shape index (κ1) is 9.02. The van der Waals surface area contributed by atoms with Crippen molar-refractivity contribution in [3.05, 3.63) is 29.8 Å². The molecule has 0 aliphatic carbocycles. The highest BCUT2D eigenvalue weighted by Gasteiger charge is 1.97. The van der Waals surface area contributed by atoms with Gasteiger partial charge in [0, 0.05) is 5.25 Å². The summed E-state index contributed by atoms with van der Waals surface area (Å²) >= 11 is 0. The fourth-order valence-electron chi connectivity index (χ4n) is 0.813. The highest BCUT2D eigenvalue weighted by atomic mass is 32.2. The van der Waals surface area contributed by atoms with Crippen LogP contribution < -0.4 is 0 Å². The number of aryl methyl sites for hydroxylation is 1. The lowest BCUT2D eigenvalue weighted by atomic mass is 10.2. The number of benzene rings is 1. The van der Waals surface area contributed by atoms with Crippen molar-refractivity contribution in [2.45, 2.75) is 18.7 Å². The Morgan fingerprint density at radius 2 is 1.83 bits per heavy atom. The second-order valence-corrected chi connectivity index (χ2v) is 3.65. The summed E-state index contributed by atoms with van der Waals surface area (Å²) in [5, 5.41) is 2.60. The molecule has 0 bridgehead atoms. The van der Waals surface area contributed by atoms with Crippen molar-refractivity contribution in [3.8, 4) is 11.2 Å². The molecule has 1 rings (SSSR count). The van der Waals surface area contributed by atoms with Crippen LogP contribution in [0.15, 0.2) is 29.2 Å². The Hall–Kier alpha value is -1.07. The fraction of sp³-hybridized carbons (Fsp3) is 0.200. The Morgan fingerprint density at radius 1 is 1.25 bits per heavy atom. The molecule has 1 aromatic carbocycles. The van der Waals surface area contributed by atoms with Crippen LogP contribution in [0.3, 0.4) is 0 Å². The molecule has 1 atom stereocenters. The lowest BCUT2D eigenvalue weighted by Crippen LogP contribution is -1.86. The van der Waals surface area contributed by atoms with Crippen LogP contribution in [0.25, 0.3) is 0 Å². The Balaban J connectivity index is 2.95. The van der Waals surface area contributed by atoms with Gasteiger partial charge in [-0.15, -0.1) is 0 Å². The predicted molar refractivity (Wildman–Crippen MR) is 51.0 cm³/mol. The molecular weight excluding hydrogens is 168 g/mol. The van der Waals surface area contributed by atoms with E-state index in [0.29, 0.717) is 0 Å². The van der Waals surface area contributed by atoms with Crippen molar-refractivity contribution >= 4 is 10.8 Å². The van der Waals surface area contributed by atoms with Crippen LogP contribution in [0.1, 0.15) is 12.5 Å². The van der Waals surface area contributed by atoms with Crippen LogP contribution in [-0.2, 0) is 10.8 Å². The number of hydrogen-bond acceptors (Lipinski definition) is 1. The maximum Gasteiger partial charge on any atom is 0.130 e. The van der Waals surface area contributed by atoms with Crippen molar-refractivity contribution in [1.29, 1.82) is 0 Å². The molecule has 0 spiro atoms. The number of hydrogen-bond donors (Lipinski definition) is 0. The Kier molecular flexibility index (Phi) is 3.07. The van der Waals surface area contributed by atoms with E-state index in [1.54, 1.807) is 6.92 Å². The summed E-state index contributed by atoms with van der Waals surface area (Å²) in [4.78, 5) is 0.773. The van der Waals surface area contributed by atoms with E-state index in [9.17, 15) is 4.21 Å². The van der Waals surface area contributed by atoms with Crippen LogP contribution in [0, 0.1) is 18.1 Å². The molecule has 62 valence electrons. The highest BCUT2D eigenvalue weighted by Crippen LogP contribution is 2.07. The minimum Gasteiger partial charge on any atom is -0.240 e. The minimum absolute atomic E-state index is 0.773. The van der Waals surface area contributed by atoms with Crippen molar-refractivity contribution in [2.24, 2.45) is 0 Å². The van der Waals surface area contributed by atoms with E-state index in [1.807, 2.05) is 31.2 Å². The highest BCUT2D eigenvalue weighted by molar-refractivity contribution is 7.89. The van der Waals surface area contributed by atoms with E-state index in [4.69, 9.17) is 0 Å². The van der Waals surface area contributed by atoms with Gasteiger partial charge in [-0.05, 0) is 26.0 Å². The van der Waals surface area contributed by atoms with E-state index >= 15 is 0 Å². The summed E-state index contributed by atoms with van der Waals surface area (Å²) in [6.45, 7) is 3.68. The summed E-state index contributed by atoms with van der Waals surface area (Å²) in [5.74, 6) is 2.63. The zero-order valence-electron chi connectivity index (χ0n) is 7.13. The molecule has 12 heavy (non-hydrogen) atoms. The normalized spacial score (nSPS) is 11.5. The average molecular weight is 178 g/mol. The van der Waals surface area contributed by atoms with E-state index < -0.39 is 10.8 Å². The first-order valence-corrected chi connectivity index (χ1v) is 4.80. The van der Waals surface area contributed by atoms with Crippen molar-refractivity contribution < 1.29 is 4.21 Å². The van der Waals surface area contributed by atoms with Gasteiger partial charge in [-0.25, -0.2) is 4.21 Å². The van der Waals surface area contributed by atoms with E-state index in [0.717, 1.165) is 4.90 Å². The van der Waals surface area contributed by atoms with Crippen LogP contribution in [0.5, 0.6) is 0 Å². The van der Waals surface area contributed by atoms with Gasteiger partial charge in [-0.3, -0.25) is 0 Å². The fourth-order valence-corrected chi connectivity index (χ4v) is 1.50. The molecule has 1 aromatic rings. The van der Waals surface area contributed by atoms with Crippen molar-refractivity contribution in [1.82, 2.24) is 0 Å². The van der Waals surface area contributed by atoms with Crippen molar-refractivity contribution in [2.75, 3.05) is 0 Å². The standard InChI is InChI=1S/C10H10OS/c1-3-8-12(11)10-6-4-9(2)5-7-10/h4-7H,1-2H3. The smallest absolute Gasteiger partial charge is 0.130 e. The van der Waals surface area contributed by atoms with Crippen molar-refractivity contribution in [3.63, 3.8) is 0 Å². The summed E-state index contributed by atoms with van der Waals surface area (Å²) in [6.07, 6.45) is 0. The predicted octanol–water partition coefficient (Wildman–Crippen LogP) is 2.08. The molecule has 1 unspecified atom stereocenters. The zero-order valence-corrected chi connectivity index (χ0v) is 7.94. The number of rotatable bonds is 1. The van der Waals surface area contributed by atoms with Gasteiger partial charge in [0.15, 0.2) is 0 Å². The average Bonchev–Trinajstić information content (AvgIpc) is 2.06. The van der Waals surface area contributed by atoms with E-state index in [-0.39, 0.29) is 0 Å².